The number of hydrogen-bond donors (Lipinski definition) is 3. The van der Waals surface area contributed by atoms with Gasteiger partial charge in [0, 0.05) is 18.5 Å². The highest BCUT2D eigenvalue weighted by Crippen LogP contribution is 2.33. The minimum atomic E-state index is -1.33. The molecule has 2 heterocycles. The van der Waals surface area contributed by atoms with Gasteiger partial charge in [0.1, 0.15) is 17.4 Å². The number of primary amides is 1. The molecule has 1 aliphatic heterocycles. The standard InChI is InChI=1S/C31H38N8O6/c1-18(26(40)27(33)41)35-29(43)24-14-22(39-25(16-34-37-39)31(2,3)45)17-38(24)30(44)23(13-19-7-5-4-6-8-19)36-28(42)21-11-9-20(15-32)10-12-21/h9-12,16,18-19,22,24,45H,4-8,13-14,17H2,1-3H3,(H2,33,41)(H,35,43)/t18?,22-,24-/m0/s1. The Morgan fingerprint density at radius 2 is 1.82 bits per heavy atom. The summed E-state index contributed by atoms with van der Waals surface area (Å²) >= 11 is 0. The molecule has 1 aromatic carbocycles. The molecule has 1 saturated carbocycles. The molecule has 238 valence electrons. The first kappa shape index (κ1) is 33.1. The second-order valence-electron chi connectivity index (χ2n) is 12.2. The largest absolute Gasteiger partial charge is 0.384 e. The van der Waals surface area contributed by atoms with E-state index < -0.39 is 53.1 Å². The summed E-state index contributed by atoms with van der Waals surface area (Å²) in [6.07, 6.45) is 6.47. The Hall–Kier alpha value is -4.77. The van der Waals surface area contributed by atoms with Crippen LogP contribution in [0.1, 0.15) is 93.4 Å². The molecule has 3 atom stereocenters. The fourth-order valence-corrected chi connectivity index (χ4v) is 5.89. The van der Waals surface area contributed by atoms with Gasteiger partial charge < -0.3 is 21.1 Å². The number of likely N-dealkylation sites (tertiary alicyclic amines) is 1. The highest BCUT2D eigenvalue weighted by molar-refractivity contribution is 6.41. The number of aromatic nitrogens is 3. The lowest BCUT2D eigenvalue weighted by atomic mass is 9.85. The molecule has 45 heavy (non-hydrogen) atoms. The van der Waals surface area contributed by atoms with Crippen LogP contribution in [0.15, 0.2) is 35.5 Å². The third-order valence-corrected chi connectivity index (χ3v) is 8.34. The summed E-state index contributed by atoms with van der Waals surface area (Å²) in [5, 5.41) is 30.3. The number of carbonyl (C=O) groups excluding carboxylic acids is 5. The molecule has 14 heteroatoms. The van der Waals surface area contributed by atoms with E-state index in [9.17, 15) is 29.1 Å². The first-order chi connectivity index (χ1) is 21.3. The maximum Gasteiger partial charge on any atom is 0.287 e. The van der Waals surface area contributed by atoms with Crippen molar-refractivity contribution >= 4 is 35.1 Å². The van der Waals surface area contributed by atoms with Crippen LogP contribution in [0.25, 0.3) is 0 Å². The Balaban J connectivity index is 1.70. The molecule has 0 spiro atoms. The van der Waals surface area contributed by atoms with E-state index in [1.165, 1.54) is 47.0 Å². The van der Waals surface area contributed by atoms with Gasteiger partial charge in [-0.15, -0.1) is 5.10 Å². The number of benzene rings is 1. The number of nitrogens with two attached hydrogens (primary N) is 1. The van der Waals surface area contributed by atoms with Crippen molar-refractivity contribution in [2.45, 2.75) is 89.4 Å². The first-order valence-electron chi connectivity index (χ1n) is 15.0. The fraction of sp³-hybridized carbons (Fsp3) is 0.516. The maximum atomic E-state index is 14.3. The van der Waals surface area contributed by atoms with Crippen LogP contribution in [0.2, 0.25) is 0 Å². The van der Waals surface area contributed by atoms with E-state index in [1.54, 1.807) is 13.8 Å². The molecule has 2 fully saturated rings. The number of carbonyl (C=O) groups is 5. The molecule has 4 rings (SSSR count). The molecule has 4 N–H and O–H groups in total. The van der Waals surface area contributed by atoms with Gasteiger partial charge in [-0.3, -0.25) is 24.0 Å². The van der Waals surface area contributed by atoms with E-state index >= 15 is 0 Å². The van der Waals surface area contributed by atoms with Crippen molar-refractivity contribution in [3.8, 4) is 6.07 Å². The summed E-state index contributed by atoms with van der Waals surface area (Å²) in [5.41, 5.74) is 4.72. The van der Waals surface area contributed by atoms with Crippen LogP contribution in [-0.4, -0.2) is 78.8 Å². The smallest absolute Gasteiger partial charge is 0.287 e. The number of nitriles is 1. The number of aliphatic imine (C=N–C) groups is 1. The number of ketones is 1. The Morgan fingerprint density at radius 1 is 1.16 bits per heavy atom. The zero-order valence-electron chi connectivity index (χ0n) is 25.6. The summed E-state index contributed by atoms with van der Waals surface area (Å²) in [7, 11) is 0. The van der Waals surface area contributed by atoms with Crippen LogP contribution < -0.4 is 11.1 Å². The van der Waals surface area contributed by atoms with Crippen molar-refractivity contribution < 1.29 is 29.1 Å². The third kappa shape index (κ3) is 7.85. The van der Waals surface area contributed by atoms with Crippen LogP contribution in [-0.2, 0) is 24.8 Å². The van der Waals surface area contributed by atoms with Gasteiger partial charge in [-0.2, -0.15) is 5.26 Å². The fourth-order valence-electron chi connectivity index (χ4n) is 5.89. The topological polar surface area (TPSA) is 214 Å². The first-order valence-corrected chi connectivity index (χ1v) is 15.0. The van der Waals surface area contributed by atoms with Crippen LogP contribution in [0.3, 0.4) is 0 Å². The van der Waals surface area contributed by atoms with E-state index in [0.29, 0.717) is 11.3 Å². The van der Waals surface area contributed by atoms with Crippen LogP contribution in [0.4, 0.5) is 0 Å². The van der Waals surface area contributed by atoms with E-state index in [0.717, 1.165) is 32.1 Å². The van der Waals surface area contributed by atoms with Crippen molar-refractivity contribution in [2.24, 2.45) is 16.6 Å². The van der Waals surface area contributed by atoms with Crippen LogP contribution in [0.5, 0.6) is 0 Å². The lowest BCUT2D eigenvalue weighted by Gasteiger charge is -2.27. The Morgan fingerprint density at radius 3 is 2.42 bits per heavy atom. The van der Waals surface area contributed by atoms with Crippen molar-refractivity contribution in [1.82, 2.24) is 25.2 Å². The molecule has 2 aliphatic rings. The normalized spacial score (nSPS) is 19.9. The minimum Gasteiger partial charge on any atom is -0.384 e. The lowest BCUT2D eigenvalue weighted by Crippen LogP contribution is -2.52. The number of hydrogen-bond acceptors (Lipinski definition) is 9. The second-order valence-corrected chi connectivity index (χ2v) is 12.2. The Bertz CT molecular complexity index is 1530. The van der Waals surface area contributed by atoms with Crippen molar-refractivity contribution in [1.29, 1.82) is 5.26 Å². The number of nitrogens with zero attached hydrogens (tertiary/aromatic N) is 6. The molecule has 4 amide bonds. The number of Topliss-reactive ketones (excluding diaryl/α,β-unsaturated/α-hetero) is 1. The monoisotopic (exact) mass is 618 g/mol. The molecule has 2 aromatic rings. The molecular weight excluding hydrogens is 580 g/mol. The number of amides is 4. The predicted molar refractivity (Wildman–Crippen MR) is 160 cm³/mol. The van der Waals surface area contributed by atoms with Gasteiger partial charge in [0.05, 0.1) is 35.6 Å². The number of rotatable bonds is 10. The average Bonchev–Trinajstić information content (AvgIpc) is 3.69. The maximum absolute atomic E-state index is 14.3. The Labute approximate surface area is 260 Å². The molecule has 0 radical (unpaired) electrons. The number of nitrogens with one attached hydrogen (secondary N) is 1. The zero-order valence-corrected chi connectivity index (χ0v) is 25.6. The Kier molecular flexibility index (Phi) is 10.2. The molecule has 1 unspecified atom stereocenters. The number of aliphatic hydroxyl groups is 1. The van der Waals surface area contributed by atoms with Crippen molar-refractivity contribution in [3.05, 3.63) is 47.3 Å². The van der Waals surface area contributed by atoms with E-state index in [-0.39, 0.29) is 36.6 Å². The van der Waals surface area contributed by atoms with Crippen molar-refractivity contribution in [3.63, 3.8) is 0 Å². The van der Waals surface area contributed by atoms with E-state index in [1.807, 2.05) is 6.07 Å². The molecule has 0 bridgehead atoms. The van der Waals surface area contributed by atoms with Gasteiger partial charge in [0.2, 0.25) is 11.7 Å². The summed E-state index contributed by atoms with van der Waals surface area (Å²) < 4.78 is 1.46. The predicted octanol–water partition coefficient (Wildman–Crippen LogP) is 1.33. The summed E-state index contributed by atoms with van der Waals surface area (Å²) in [6, 6.07) is 4.94. The SMILES string of the molecule is CC(NC(=O)[C@@H]1C[C@H](n2nncc2C(C)(C)O)CN1C(=O)C(CC1CCCCC1)=NC(=O)c1ccc(C#N)cc1)C(=O)C(N)=O. The third-order valence-electron chi connectivity index (χ3n) is 8.34. The molecule has 14 nitrogen and oxygen atoms in total. The van der Waals surface area contributed by atoms with Gasteiger partial charge in [-0.05, 0) is 57.4 Å². The highest BCUT2D eigenvalue weighted by Gasteiger charge is 2.44. The molecular formula is C31H38N8O6. The van der Waals surface area contributed by atoms with Gasteiger partial charge in [-0.25, -0.2) is 9.67 Å². The minimum absolute atomic E-state index is 0.00253. The van der Waals surface area contributed by atoms with Gasteiger partial charge >= 0.3 is 0 Å². The van der Waals surface area contributed by atoms with E-state index in [2.05, 4.69) is 20.6 Å². The quantitative estimate of drug-likeness (QED) is 0.258. The summed E-state index contributed by atoms with van der Waals surface area (Å²) in [6.45, 7) is 4.41. The molecule has 1 aromatic heterocycles. The average molecular weight is 619 g/mol. The van der Waals surface area contributed by atoms with Crippen LogP contribution >= 0.6 is 0 Å². The molecule has 1 saturated heterocycles. The van der Waals surface area contributed by atoms with Crippen molar-refractivity contribution in [2.75, 3.05) is 6.54 Å². The second kappa shape index (κ2) is 13.9. The van der Waals surface area contributed by atoms with Gasteiger partial charge in [0.15, 0.2) is 0 Å². The zero-order chi connectivity index (χ0) is 32.9. The highest BCUT2D eigenvalue weighted by atomic mass is 16.3. The molecule has 1 aliphatic carbocycles. The summed E-state index contributed by atoms with van der Waals surface area (Å²) in [4.78, 5) is 70.3. The summed E-state index contributed by atoms with van der Waals surface area (Å²) in [5.74, 6) is -4.06. The lowest BCUT2D eigenvalue weighted by molar-refractivity contribution is -0.139. The van der Waals surface area contributed by atoms with E-state index in [4.69, 9.17) is 11.0 Å². The van der Waals surface area contributed by atoms with Crippen LogP contribution in [0, 0.1) is 17.2 Å². The van der Waals surface area contributed by atoms with Gasteiger partial charge in [0.25, 0.3) is 17.7 Å². The van der Waals surface area contributed by atoms with Gasteiger partial charge in [-0.1, -0.05) is 37.3 Å².